The SMILES string of the molecule is O=C(COC(=O)c1cccc(C(F)(F)F)c1)NCc1ccccc1F. The first kappa shape index (κ1) is 18.4. The second-order valence-electron chi connectivity index (χ2n) is 5.02. The van der Waals surface area contributed by atoms with Gasteiger partial charge in [-0.15, -0.1) is 0 Å². The molecule has 0 aliphatic carbocycles. The summed E-state index contributed by atoms with van der Waals surface area (Å²) in [6, 6.07) is 9.47. The molecule has 0 spiro atoms. The number of halogens is 4. The standard InChI is InChI=1S/C17H13F4NO3/c18-14-7-2-1-4-12(14)9-22-15(23)10-25-16(24)11-5-3-6-13(8-11)17(19,20)21/h1-8H,9-10H2,(H,22,23). The third kappa shape index (κ3) is 5.30. The van der Waals surface area contributed by atoms with Crippen LogP contribution in [0.3, 0.4) is 0 Å². The Morgan fingerprint density at radius 2 is 1.76 bits per heavy atom. The van der Waals surface area contributed by atoms with Gasteiger partial charge >= 0.3 is 12.1 Å². The van der Waals surface area contributed by atoms with Crippen LogP contribution in [0.2, 0.25) is 0 Å². The topological polar surface area (TPSA) is 55.4 Å². The number of carbonyl (C=O) groups is 2. The molecule has 0 heterocycles. The molecular formula is C17H13F4NO3. The Balaban J connectivity index is 1.87. The quantitative estimate of drug-likeness (QED) is 0.661. The summed E-state index contributed by atoms with van der Waals surface area (Å²) in [6.45, 7) is -0.795. The highest BCUT2D eigenvalue weighted by atomic mass is 19.4. The Labute approximate surface area is 140 Å². The molecular weight excluding hydrogens is 342 g/mol. The predicted molar refractivity (Wildman–Crippen MR) is 80.0 cm³/mol. The van der Waals surface area contributed by atoms with Crippen molar-refractivity contribution in [1.82, 2.24) is 5.32 Å². The average molecular weight is 355 g/mol. The van der Waals surface area contributed by atoms with E-state index in [4.69, 9.17) is 0 Å². The molecule has 0 aromatic heterocycles. The smallest absolute Gasteiger partial charge is 0.416 e. The molecule has 2 aromatic carbocycles. The molecule has 1 amide bonds. The molecule has 8 heteroatoms. The molecule has 132 valence electrons. The normalized spacial score (nSPS) is 11.0. The van der Waals surface area contributed by atoms with Crippen molar-refractivity contribution in [3.63, 3.8) is 0 Å². The predicted octanol–water partition coefficient (Wildman–Crippen LogP) is 3.32. The number of rotatable bonds is 5. The number of hydrogen-bond donors (Lipinski definition) is 1. The van der Waals surface area contributed by atoms with Gasteiger partial charge in [-0.1, -0.05) is 24.3 Å². The van der Waals surface area contributed by atoms with Gasteiger partial charge in [-0.2, -0.15) is 13.2 Å². The molecule has 0 fully saturated rings. The van der Waals surface area contributed by atoms with Crippen molar-refractivity contribution in [2.75, 3.05) is 6.61 Å². The van der Waals surface area contributed by atoms with Gasteiger partial charge in [-0.25, -0.2) is 9.18 Å². The fraction of sp³-hybridized carbons (Fsp3) is 0.176. The van der Waals surface area contributed by atoms with Gasteiger partial charge in [0.05, 0.1) is 11.1 Å². The van der Waals surface area contributed by atoms with Crippen molar-refractivity contribution in [2.45, 2.75) is 12.7 Å². The maximum absolute atomic E-state index is 13.4. The van der Waals surface area contributed by atoms with Gasteiger partial charge in [0.2, 0.25) is 0 Å². The van der Waals surface area contributed by atoms with Crippen LogP contribution >= 0.6 is 0 Å². The van der Waals surface area contributed by atoms with E-state index in [2.05, 4.69) is 10.1 Å². The first-order chi connectivity index (χ1) is 11.8. The largest absolute Gasteiger partial charge is 0.452 e. The first-order valence-corrected chi connectivity index (χ1v) is 7.12. The Kier molecular flexibility index (Phi) is 5.74. The molecule has 0 aliphatic heterocycles. The number of ether oxygens (including phenoxy) is 1. The van der Waals surface area contributed by atoms with Crippen LogP contribution < -0.4 is 5.32 Å². The van der Waals surface area contributed by atoms with E-state index in [1.54, 1.807) is 6.07 Å². The van der Waals surface area contributed by atoms with Gasteiger partial charge < -0.3 is 10.1 Å². The Bertz CT molecular complexity index is 774. The maximum Gasteiger partial charge on any atom is 0.416 e. The van der Waals surface area contributed by atoms with Crippen LogP contribution in [0, 0.1) is 5.82 Å². The molecule has 0 unspecified atom stereocenters. The molecule has 4 nitrogen and oxygen atoms in total. The molecule has 0 saturated heterocycles. The Morgan fingerprint density at radius 3 is 2.44 bits per heavy atom. The van der Waals surface area contributed by atoms with Crippen molar-refractivity contribution in [2.24, 2.45) is 0 Å². The second-order valence-corrected chi connectivity index (χ2v) is 5.02. The average Bonchev–Trinajstić information content (AvgIpc) is 2.58. The number of benzene rings is 2. The van der Waals surface area contributed by atoms with Crippen molar-refractivity contribution in [3.8, 4) is 0 Å². The van der Waals surface area contributed by atoms with Crippen molar-refractivity contribution in [1.29, 1.82) is 0 Å². The molecule has 0 atom stereocenters. The van der Waals surface area contributed by atoms with Crippen molar-refractivity contribution in [3.05, 3.63) is 71.0 Å². The minimum absolute atomic E-state index is 0.105. The van der Waals surface area contributed by atoms with Gasteiger partial charge in [-0.3, -0.25) is 4.79 Å². The Morgan fingerprint density at radius 1 is 1.04 bits per heavy atom. The number of alkyl halides is 3. The summed E-state index contributed by atoms with van der Waals surface area (Å²) in [7, 11) is 0. The van der Waals surface area contributed by atoms with E-state index in [1.807, 2.05) is 0 Å². The molecule has 0 bridgehead atoms. The summed E-state index contributed by atoms with van der Waals surface area (Å²) in [6.07, 6.45) is -4.59. The van der Waals surface area contributed by atoms with Crippen LogP contribution in [0.15, 0.2) is 48.5 Å². The zero-order valence-corrected chi connectivity index (χ0v) is 12.8. The lowest BCUT2D eigenvalue weighted by Gasteiger charge is -2.09. The second kappa shape index (κ2) is 7.78. The molecule has 2 rings (SSSR count). The summed E-state index contributed by atoms with van der Waals surface area (Å²) in [5, 5.41) is 2.35. The van der Waals surface area contributed by atoms with Crippen LogP contribution in [0.25, 0.3) is 0 Å². The van der Waals surface area contributed by atoms with Gasteiger partial charge in [0.15, 0.2) is 6.61 Å². The van der Waals surface area contributed by atoms with Crippen LogP contribution in [0.5, 0.6) is 0 Å². The monoisotopic (exact) mass is 355 g/mol. The molecule has 0 saturated carbocycles. The summed E-state index contributed by atoms with van der Waals surface area (Å²) in [5.74, 6) is -2.26. The van der Waals surface area contributed by atoms with E-state index in [0.29, 0.717) is 6.07 Å². The fourth-order valence-corrected chi connectivity index (χ4v) is 1.92. The highest BCUT2D eigenvalue weighted by Crippen LogP contribution is 2.29. The summed E-state index contributed by atoms with van der Waals surface area (Å²) < 4.78 is 55.8. The third-order valence-corrected chi connectivity index (χ3v) is 3.19. The summed E-state index contributed by atoms with van der Waals surface area (Å²) in [4.78, 5) is 23.3. The number of esters is 1. The Hall–Kier alpha value is -2.90. The molecule has 0 aliphatic rings. The van der Waals surface area contributed by atoms with Gasteiger partial charge in [0.25, 0.3) is 5.91 Å². The number of carbonyl (C=O) groups excluding carboxylic acids is 2. The highest BCUT2D eigenvalue weighted by molar-refractivity contribution is 5.91. The van der Waals surface area contributed by atoms with Crippen LogP contribution in [-0.4, -0.2) is 18.5 Å². The van der Waals surface area contributed by atoms with E-state index < -0.39 is 36.0 Å². The maximum atomic E-state index is 13.4. The lowest BCUT2D eigenvalue weighted by Crippen LogP contribution is -2.28. The lowest BCUT2D eigenvalue weighted by atomic mass is 10.1. The molecule has 0 radical (unpaired) electrons. The van der Waals surface area contributed by atoms with E-state index in [9.17, 15) is 27.2 Å². The van der Waals surface area contributed by atoms with E-state index in [0.717, 1.165) is 18.2 Å². The lowest BCUT2D eigenvalue weighted by molar-refractivity contribution is -0.137. The first-order valence-electron chi connectivity index (χ1n) is 7.12. The highest BCUT2D eigenvalue weighted by Gasteiger charge is 2.31. The zero-order chi connectivity index (χ0) is 18.4. The minimum atomic E-state index is -4.59. The fourth-order valence-electron chi connectivity index (χ4n) is 1.92. The van der Waals surface area contributed by atoms with Crippen LogP contribution in [0.4, 0.5) is 17.6 Å². The molecule has 2 aromatic rings. The third-order valence-electron chi connectivity index (χ3n) is 3.19. The van der Waals surface area contributed by atoms with Crippen LogP contribution in [0.1, 0.15) is 21.5 Å². The van der Waals surface area contributed by atoms with E-state index in [1.165, 1.54) is 18.2 Å². The van der Waals surface area contributed by atoms with Crippen molar-refractivity contribution >= 4 is 11.9 Å². The number of nitrogens with one attached hydrogen (secondary N) is 1. The summed E-state index contributed by atoms with van der Waals surface area (Å²) in [5.41, 5.74) is -1.07. The summed E-state index contributed by atoms with van der Waals surface area (Å²) >= 11 is 0. The molecule has 1 N–H and O–H groups in total. The van der Waals surface area contributed by atoms with Gasteiger partial charge in [0, 0.05) is 12.1 Å². The van der Waals surface area contributed by atoms with Crippen molar-refractivity contribution < 1.29 is 31.9 Å². The van der Waals surface area contributed by atoms with Gasteiger partial charge in [0.1, 0.15) is 5.82 Å². The minimum Gasteiger partial charge on any atom is -0.452 e. The zero-order valence-electron chi connectivity index (χ0n) is 12.8. The van der Waals surface area contributed by atoms with E-state index in [-0.39, 0.29) is 17.7 Å². The number of hydrogen-bond acceptors (Lipinski definition) is 3. The number of amides is 1. The molecule has 25 heavy (non-hydrogen) atoms. The van der Waals surface area contributed by atoms with Crippen LogP contribution in [-0.2, 0) is 22.3 Å². The van der Waals surface area contributed by atoms with E-state index >= 15 is 0 Å². The van der Waals surface area contributed by atoms with Gasteiger partial charge in [-0.05, 0) is 24.3 Å².